The van der Waals surface area contributed by atoms with Crippen LogP contribution in [0.1, 0.15) is 39.5 Å². The van der Waals surface area contributed by atoms with Crippen molar-refractivity contribution in [3.8, 4) is 0 Å². The number of rotatable bonds is 9. The van der Waals surface area contributed by atoms with Crippen LogP contribution in [0.25, 0.3) is 0 Å². The Morgan fingerprint density at radius 1 is 1.12 bits per heavy atom. The van der Waals surface area contributed by atoms with Crippen LogP contribution in [-0.2, 0) is 4.74 Å². The van der Waals surface area contributed by atoms with Crippen LogP contribution in [0.2, 0.25) is 0 Å². The van der Waals surface area contributed by atoms with Crippen LogP contribution in [0.3, 0.4) is 0 Å². The second-order valence-electron chi connectivity index (χ2n) is 3.66. The van der Waals surface area contributed by atoms with Gasteiger partial charge in [0.25, 0.3) is 0 Å². The van der Waals surface area contributed by atoms with Crippen molar-refractivity contribution in [1.82, 2.24) is 4.90 Å². The second-order valence-corrected chi connectivity index (χ2v) is 4.74. The molecule has 0 N–H and O–H groups in total. The summed E-state index contributed by atoms with van der Waals surface area (Å²) in [6, 6.07) is 0. The molecule has 5 heteroatoms. The van der Waals surface area contributed by atoms with Crippen molar-refractivity contribution in [2.24, 2.45) is 0 Å². The van der Waals surface area contributed by atoms with E-state index in [0.29, 0.717) is 11.0 Å². The SMILES string of the molecule is CCCCN(CCCC)CCOC(=S)S.[NaH]. The van der Waals surface area contributed by atoms with Crippen LogP contribution in [0, 0.1) is 0 Å². The fourth-order valence-electron chi connectivity index (χ4n) is 1.36. The van der Waals surface area contributed by atoms with Crippen molar-refractivity contribution < 1.29 is 4.74 Å². The molecular weight excluding hydrogens is 249 g/mol. The Hall–Kier alpha value is 1.20. The molecule has 0 heterocycles. The van der Waals surface area contributed by atoms with E-state index in [-0.39, 0.29) is 29.6 Å². The summed E-state index contributed by atoms with van der Waals surface area (Å²) in [7, 11) is 0. The third-order valence-corrected chi connectivity index (χ3v) is 2.54. The van der Waals surface area contributed by atoms with Crippen LogP contribution in [0.4, 0.5) is 0 Å². The predicted octanol–water partition coefficient (Wildman–Crippen LogP) is 2.47. The van der Waals surface area contributed by atoms with E-state index in [9.17, 15) is 0 Å². The molecule has 0 amide bonds. The summed E-state index contributed by atoms with van der Waals surface area (Å²) in [5, 5.41) is 0. The van der Waals surface area contributed by atoms with Crippen molar-refractivity contribution in [3.63, 3.8) is 0 Å². The summed E-state index contributed by atoms with van der Waals surface area (Å²) in [5.41, 5.74) is 0. The number of ether oxygens (including phenoxy) is 1. The molecule has 0 aromatic rings. The molecule has 0 aliphatic heterocycles. The Morgan fingerprint density at radius 3 is 2.00 bits per heavy atom. The summed E-state index contributed by atoms with van der Waals surface area (Å²) >= 11 is 8.68. The van der Waals surface area contributed by atoms with E-state index >= 15 is 0 Å². The standard InChI is InChI=1S/C11H23NOS2.Na.H/c1-3-5-7-12(8-6-4-2)9-10-13-11(14)15;;/h3-10H2,1-2H3,(H,14,15);;. The van der Waals surface area contributed by atoms with Gasteiger partial charge in [0.05, 0.1) is 0 Å². The average molecular weight is 273 g/mol. The van der Waals surface area contributed by atoms with Crippen molar-refractivity contribution in [2.75, 3.05) is 26.2 Å². The summed E-state index contributed by atoms with van der Waals surface area (Å²) in [5.74, 6) is 0. The van der Waals surface area contributed by atoms with Gasteiger partial charge >= 0.3 is 29.6 Å². The predicted molar refractivity (Wildman–Crippen MR) is 80.9 cm³/mol. The van der Waals surface area contributed by atoms with Gasteiger partial charge in [0, 0.05) is 6.54 Å². The van der Waals surface area contributed by atoms with Crippen LogP contribution in [0.15, 0.2) is 0 Å². The van der Waals surface area contributed by atoms with Gasteiger partial charge in [0.15, 0.2) is 0 Å². The number of thiocarbonyl (C=S) groups is 1. The zero-order valence-corrected chi connectivity index (χ0v) is 11.6. The molecule has 16 heavy (non-hydrogen) atoms. The number of nitrogens with zero attached hydrogens (tertiary/aromatic N) is 1. The normalized spacial score (nSPS) is 10.0. The summed E-state index contributed by atoms with van der Waals surface area (Å²) in [6.45, 7) is 8.39. The number of unbranched alkanes of at least 4 members (excludes halogenated alkanes) is 2. The maximum absolute atomic E-state index is 5.19. The summed E-state index contributed by atoms with van der Waals surface area (Å²) in [4.78, 5) is 2.44. The molecule has 0 saturated heterocycles. The van der Waals surface area contributed by atoms with E-state index in [4.69, 9.17) is 17.0 Å². The van der Waals surface area contributed by atoms with Gasteiger partial charge < -0.3 is 4.74 Å². The van der Waals surface area contributed by atoms with Gasteiger partial charge in [-0.3, -0.25) is 4.90 Å². The first-order chi connectivity index (χ1) is 7.20. The number of hydrogen-bond donors (Lipinski definition) is 1. The second kappa shape index (κ2) is 14.3. The van der Waals surface area contributed by atoms with Crippen LogP contribution < -0.4 is 0 Å². The van der Waals surface area contributed by atoms with Gasteiger partial charge in [-0.25, -0.2) is 0 Å². The molecule has 0 aromatic carbocycles. The van der Waals surface area contributed by atoms with Gasteiger partial charge in [-0.05, 0) is 38.1 Å². The molecule has 0 rings (SSSR count). The first-order valence-corrected chi connectivity index (χ1v) is 6.64. The maximum atomic E-state index is 5.19. The van der Waals surface area contributed by atoms with E-state index in [1.165, 1.54) is 38.8 Å². The van der Waals surface area contributed by atoms with E-state index in [0.717, 1.165) is 6.54 Å². The monoisotopic (exact) mass is 273 g/mol. The molecule has 0 aromatic heterocycles. The molecule has 2 nitrogen and oxygen atoms in total. The average Bonchev–Trinajstić information content (AvgIpc) is 2.20. The molecule has 0 bridgehead atoms. The van der Waals surface area contributed by atoms with Gasteiger partial charge in [0.1, 0.15) is 6.61 Å². The molecular formula is C11H24NNaOS2. The quantitative estimate of drug-likeness (QED) is 0.394. The molecule has 0 saturated carbocycles. The third kappa shape index (κ3) is 13.3. The minimum atomic E-state index is 0. The van der Waals surface area contributed by atoms with Gasteiger partial charge in [-0.2, -0.15) is 0 Å². The van der Waals surface area contributed by atoms with Gasteiger partial charge in [-0.15, -0.1) is 0 Å². The fourth-order valence-corrected chi connectivity index (χ4v) is 1.54. The van der Waals surface area contributed by atoms with Crippen molar-refractivity contribution in [2.45, 2.75) is 39.5 Å². The molecule has 0 aliphatic carbocycles. The van der Waals surface area contributed by atoms with Crippen molar-refractivity contribution >= 4 is 58.8 Å². The Kier molecular flexibility index (Phi) is 17.4. The van der Waals surface area contributed by atoms with Crippen LogP contribution in [0.5, 0.6) is 0 Å². The van der Waals surface area contributed by atoms with E-state index < -0.39 is 0 Å². The van der Waals surface area contributed by atoms with E-state index in [1.54, 1.807) is 0 Å². The summed E-state index contributed by atoms with van der Waals surface area (Å²) in [6.07, 6.45) is 5.01. The van der Waals surface area contributed by atoms with Gasteiger partial charge in [0.2, 0.25) is 4.38 Å². The third-order valence-electron chi connectivity index (χ3n) is 2.29. The first kappa shape index (κ1) is 19.5. The first-order valence-electron chi connectivity index (χ1n) is 5.78. The zero-order valence-electron chi connectivity index (χ0n) is 9.87. The Balaban J connectivity index is 0. The Bertz CT molecular complexity index is 162. The van der Waals surface area contributed by atoms with Crippen molar-refractivity contribution in [3.05, 3.63) is 0 Å². The van der Waals surface area contributed by atoms with Crippen molar-refractivity contribution in [1.29, 1.82) is 0 Å². The fraction of sp³-hybridized carbons (Fsp3) is 0.909. The molecule has 0 unspecified atom stereocenters. The Labute approximate surface area is 133 Å². The Morgan fingerprint density at radius 2 is 1.62 bits per heavy atom. The minimum absolute atomic E-state index is 0. The van der Waals surface area contributed by atoms with E-state index in [2.05, 4.69) is 31.4 Å². The van der Waals surface area contributed by atoms with Crippen LogP contribution >= 0.6 is 24.8 Å². The molecule has 0 atom stereocenters. The van der Waals surface area contributed by atoms with E-state index in [1.807, 2.05) is 0 Å². The summed E-state index contributed by atoms with van der Waals surface area (Å²) < 4.78 is 5.53. The molecule has 92 valence electrons. The molecule has 0 fully saturated rings. The van der Waals surface area contributed by atoms with Gasteiger partial charge in [-0.1, -0.05) is 39.3 Å². The molecule has 0 spiro atoms. The zero-order chi connectivity index (χ0) is 11.5. The topological polar surface area (TPSA) is 12.5 Å². The van der Waals surface area contributed by atoms with Crippen LogP contribution in [-0.4, -0.2) is 65.1 Å². The molecule has 0 aliphatic rings. The molecule has 0 radical (unpaired) electrons. The number of thiol groups is 1. The number of hydrogen-bond acceptors (Lipinski definition) is 3.